The van der Waals surface area contributed by atoms with E-state index in [0.29, 0.717) is 16.9 Å². The predicted molar refractivity (Wildman–Crippen MR) is 49.4 cm³/mol. The largest absolute Gasteiger partial charge is 0.496 e. The molecule has 14 heavy (non-hydrogen) atoms. The van der Waals surface area contributed by atoms with Crippen molar-refractivity contribution in [1.82, 2.24) is 0 Å². The Hall–Kier alpha value is -1.58. The minimum absolute atomic E-state index is 0.0649. The van der Waals surface area contributed by atoms with Gasteiger partial charge in [0.1, 0.15) is 11.6 Å². The summed E-state index contributed by atoms with van der Waals surface area (Å²) in [4.78, 5) is 10.7. The Balaban J connectivity index is 3.50. The minimum Gasteiger partial charge on any atom is -0.496 e. The normalized spacial score (nSPS) is 10.0. The highest BCUT2D eigenvalue weighted by atomic mass is 19.1. The Morgan fingerprint density at radius 3 is 2.43 bits per heavy atom. The summed E-state index contributed by atoms with van der Waals surface area (Å²) in [5.41, 5.74) is 0.707. The molecular formula is C10H11FO3. The fraction of sp³-hybridized carbons (Fsp3) is 0.300. The van der Waals surface area contributed by atoms with Gasteiger partial charge in [-0.3, -0.25) is 0 Å². The van der Waals surface area contributed by atoms with Crippen molar-refractivity contribution in [2.45, 2.75) is 13.8 Å². The molecule has 0 aliphatic carbocycles. The number of halogens is 1. The second-order valence-corrected chi connectivity index (χ2v) is 2.99. The summed E-state index contributed by atoms with van der Waals surface area (Å²) in [5.74, 6) is -1.42. The molecule has 1 rings (SSSR count). The van der Waals surface area contributed by atoms with Crippen molar-refractivity contribution in [3.8, 4) is 5.75 Å². The van der Waals surface area contributed by atoms with E-state index in [4.69, 9.17) is 9.84 Å². The van der Waals surface area contributed by atoms with Gasteiger partial charge < -0.3 is 9.84 Å². The first-order valence-corrected chi connectivity index (χ1v) is 4.06. The van der Waals surface area contributed by atoms with Crippen molar-refractivity contribution < 1.29 is 19.0 Å². The topological polar surface area (TPSA) is 46.5 Å². The second kappa shape index (κ2) is 3.65. The van der Waals surface area contributed by atoms with Gasteiger partial charge in [0.2, 0.25) is 0 Å². The van der Waals surface area contributed by atoms with Crippen molar-refractivity contribution in [2.24, 2.45) is 0 Å². The van der Waals surface area contributed by atoms with Crippen LogP contribution in [0.2, 0.25) is 0 Å². The van der Waals surface area contributed by atoms with Gasteiger partial charge in [-0.15, -0.1) is 0 Å². The SMILES string of the molecule is COc1c(C)c(F)cc(C(=O)O)c1C. The molecule has 0 spiro atoms. The summed E-state index contributed by atoms with van der Waals surface area (Å²) in [6, 6.07) is 1.01. The molecule has 0 atom stereocenters. The van der Waals surface area contributed by atoms with Crippen LogP contribution in [0.4, 0.5) is 4.39 Å². The van der Waals surface area contributed by atoms with Gasteiger partial charge in [0, 0.05) is 11.1 Å². The number of hydrogen-bond donors (Lipinski definition) is 1. The lowest BCUT2D eigenvalue weighted by Gasteiger charge is -2.11. The molecule has 0 saturated heterocycles. The van der Waals surface area contributed by atoms with Crippen LogP contribution < -0.4 is 4.74 Å². The zero-order valence-electron chi connectivity index (χ0n) is 8.22. The maximum atomic E-state index is 13.2. The summed E-state index contributed by atoms with van der Waals surface area (Å²) in [7, 11) is 1.39. The summed E-state index contributed by atoms with van der Waals surface area (Å²) >= 11 is 0. The van der Waals surface area contributed by atoms with Gasteiger partial charge in [0.05, 0.1) is 12.7 Å². The minimum atomic E-state index is -1.15. The third-order valence-electron chi connectivity index (χ3n) is 2.15. The van der Waals surface area contributed by atoms with Crippen molar-refractivity contribution >= 4 is 5.97 Å². The Morgan fingerprint density at radius 2 is 2.00 bits per heavy atom. The van der Waals surface area contributed by atoms with E-state index in [2.05, 4.69) is 0 Å². The molecule has 0 aliphatic rings. The van der Waals surface area contributed by atoms with E-state index in [-0.39, 0.29) is 5.56 Å². The molecule has 0 amide bonds. The number of carboxylic acids is 1. The van der Waals surface area contributed by atoms with Gasteiger partial charge in [-0.1, -0.05) is 0 Å². The summed E-state index contributed by atoms with van der Waals surface area (Å²) in [6.07, 6.45) is 0. The van der Waals surface area contributed by atoms with Gasteiger partial charge >= 0.3 is 5.97 Å². The molecule has 0 bridgehead atoms. The highest BCUT2D eigenvalue weighted by Gasteiger charge is 2.16. The molecule has 1 aromatic carbocycles. The predicted octanol–water partition coefficient (Wildman–Crippen LogP) is 2.15. The van der Waals surface area contributed by atoms with Crippen LogP contribution in [0.15, 0.2) is 6.07 Å². The van der Waals surface area contributed by atoms with E-state index in [1.54, 1.807) is 13.8 Å². The van der Waals surface area contributed by atoms with Crippen LogP contribution in [0.3, 0.4) is 0 Å². The highest BCUT2D eigenvalue weighted by Crippen LogP contribution is 2.28. The molecule has 1 N–H and O–H groups in total. The Morgan fingerprint density at radius 1 is 1.43 bits per heavy atom. The maximum Gasteiger partial charge on any atom is 0.336 e. The molecule has 0 aromatic heterocycles. The van der Waals surface area contributed by atoms with E-state index >= 15 is 0 Å². The molecule has 0 aliphatic heterocycles. The average Bonchev–Trinajstić information content (AvgIpc) is 2.12. The zero-order chi connectivity index (χ0) is 10.9. The van der Waals surface area contributed by atoms with Crippen LogP contribution in [0.25, 0.3) is 0 Å². The molecule has 0 radical (unpaired) electrons. The van der Waals surface area contributed by atoms with Crippen LogP contribution in [0.1, 0.15) is 21.5 Å². The van der Waals surface area contributed by atoms with Crippen molar-refractivity contribution in [3.05, 3.63) is 28.6 Å². The first-order chi connectivity index (χ1) is 6.49. The lowest BCUT2D eigenvalue weighted by atomic mass is 10.0. The first-order valence-electron chi connectivity index (χ1n) is 4.06. The molecule has 0 fully saturated rings. The fourth-order valence-corrected chi connectivity index (χ4v) is 1.38. The zero-order valence-corrected chi connectivity index (χ0v) is 8.22. The number of carbonyl (C=O) groups is 1. The quantitative estimate of drug-likeness (QED) is 0.791. The third-order valence-corrected chi connectivity index (χ3v) is 2.15. The number of hydrogen-bond acceptors (Lipinski definition) is 2. The molecule has 4 heteroatoms. The second-order valence-electron chi connectivity index (χ2n) is 2.99. The molecule has 1 aromatic rings. The molecular weight excluding hydrogens is 187 g/mol. The summed E-state index contributed by atoms with van der Waals surface area (Å²) in [5, 5.41) is 8.78. The lowest BCUT2D eigenvalue weighted by Crippen LogP contribution is -2.05. The van der Waals surface area contributed by atoms with E-state index in [1.165, 1.54) is 7.11 Å². The van der Waals surface area contributed by atoms with Gasteiger partial charge in [0.25, 0.3) is 0 Å². The van der Waals surface area contributed by atoms with E-state index in [1.807, 2.05) is 0 Å². The van der Waals surface area contributed by atoms with Crippen LogP contribution in [0, 0.1) is 19.7 Å². The monoisotopic (exact) mass is 198 g/mol. The van der Waals surface area contributed by atoms with Gasteiger partial charge in [0.15, 0.2) is 0 Å². The van der Waals surface area contributed by atoms with Gasteiger partial charge in [-0.05, 0) is 19.9 Å². The van der Waals surface area contributed by atoms with Crippen molar-refractivity contribution in [1.29, 1.82) is 0 Å². The molecule has 3 nitrogen and oxygen atoms in total. The van der Waals surface area contributed by atoms with Crippen molar-refractivity contribution in [3.63, 3.8) is 0 Å². The van der Waals surface area contributed by atoms with Crippen LogP contribution >= 0.6 is 0 Å². The van der Waals surface area contributed by atoms with E-state index in [9.17, 15) is 9.18 Å². The smallest absolute Gasteiger partial charge is 0.336 e. The van der Waals surface area contributed by atoms with Gasteiger partial charge in [-0.25, -0.2) is 9.18 Å². The van der Waals surface area contributed by atoms with Gasteiger partial charge in [-0.2, -0.15) is 0 Å². The first kappa shape index (κ1) is 10.5. The standard InChI is InChI=1S/C10H11FO3/c1-5-7(10(12)13)4-8(11)6(2)9(5)14-3/h4H,1-3H3,(H,12,13). The number of rotatable bonds is 2. The third kappa shape index (κ3) is 1.55. The average molecular weight is 198 g/mol. The fourth-order valence-electron chi connectivity index (χ4n) is 1.38. The highest BCUT2D eigenvalue weighted by molar-refractivity contribution is 5.90. The summed E-state index contributed by atoms with van der Waals surface area (Å²) in [6.45, 7) is 3.14. The summed E-state index contributed by atoms with van der Waals surface area (Å²) < 4.78 is 18.2. The molecule has 0 heterocycles. The van der Waals surface area contributed by atoms with Crippen LogP contribution in [-0.2, 0) is 0 Å². The lowest BCUT2D eigenvalue weighted by molar-refractivity contribution is 0.0695. The van der Waals surface area contributed by atoms with Crippen LogP contribution in [0.5, 0.6) is 5.75 Å². The number of carboxylic acid groups (broad SMARTS) is 1. The molecule has 76 valence electrons. The number of benzene rings is 1. The number of aromatic carboxylic acids is 1. The van der Waals surface area contributed by atoms with Crippen LogP contribution in [-0.4, -0.2) is 18.2 Å². The Kier molecular flexibility index (Phi) is 2.74. The van der Waals surface area contributed by atoms with E-state index in [0.717, 1.165) is 6.07 Å². The molecule has 0 saturated carbocycles. The molecule has 0 unspecified atom stereocenters. The van der Waals surface area contributed by atoms with Crippen molar-refractivity contribution in [2.75, 3.05) is 7.11 Å². The van der Waals surface area contributed by atoms with E-state index < -0.39 is 11.8 Å². The Bertz CT molecular complexity index is 385. The number of ether oxygens (including phenoxy) is 1. The Labute approximate surface area is 81.1 Å². The number of methoxy groups -OCH3 is 1. The maximum absolute atomic E-state index is 13.2.